The third kappa shape index (κ3) is 3.37. The molecule has 1 unspecified atom stereocenters. The molecule has 1 aliphatic rings. The van der Waals surface area contributed by atoms with Gasteiger partial charge in [0.2, 0.25) is 0 Å². The summed E-state index contributed by atoms with van der Waals surface area (Å²) in [4.78, 5) is 6.89. The van der Waals surface area contributed by atoms with Crippen molar-refractivity contribution >= 4 is 0 Å². The Morgan fingerprint density at radius 3 is 2.45 bits per heavy atom. The van der Waals surface area contributed by atoms with E-state index in [1.165, 1.54) is 25.7 Å². The van der Waals surface area contributed by atoms with Crippen LogP contribution < -0.4 is 11.3 Å². The third-order valence-electron chi connectivity index (χ3n) is 4.67. The summed E-state index contributed by atoms with van der Waals surface area (Å²) < 4.78 is 1.82. The van der Waals surface area contributed by atoms with Crippen LogP contribution in [0.5, 0.6) is 0 Å². The molecule has 1 atom stereocenters. The van der Waals surface area contributed by atoms with E-state index in [-0.39, 0.29) is 11.6 Å². The molecule has 0 saturated carbocycles. The highest BCUT2D eigenvalue weighted by atomic mass is 15.3. The number of hydrazine groups is 1. The van der Waals surface area contributed by atoms with E-state index in [2.05, 4.69) is 34.3 Å². The van der Waals surface area contributed by atoms with Crippen LogP contribution in [0.2, 0.25) is 0 Å². The molecule has 2 rings (SSSR count). The van der Waals surface area contributed by atoms with Crippen LogP contribution in [0.25, 0.3) is 0 Å². The second-order valence-corrected chi connectivity index (χ2v) is 6.28. The maximum atomic E-state index is 5.84. The first-order valence-corrected chi connectivity index (χ1v) is 7.59. The van der Waals surface area contributed by atoms with Crippen molar-refractivity contribution in [2.45, 2.75) is 57.5 Å². The first kappa shape index (κ1) is 15.4. The Morgan fingerprint density at radius 2 is 1.95 bits per heavy atom. The average molecular weight is 280 g/mol. The fourth-order valence-corrected chi connectivity index (χ4v) is 3.07. The fraction of sp³-hybridized carbons (Fsp3) is 0.857. The molecule has 0 spiro atoms. The second-order valence-electron chi connectivity index (χ2n) is 6.28. The largest absolute Gasteiger partial charge is 0.297 e. The van der Waals surface area contributed by atoms with Gasteiger partial charge >= 0.3 is 0 Å². The summed E-state index contributed by atoms with van der Waals surface area (Å²) in [5, 5.41) is 4.14. The Balaban J connectivity index is 2.09. The highest BCUT2D eigenvalue weighted by Gasteiger charge is 2.35. The van der Waals surface area contributed by atoms with E-state index in [4.69, 9.17) is 5.84 Å². The van der Waals surface area contributed by atoms with Gasteiger partial charge in [0, 0.05) is 25.0 Å². The molecule has 6 heteroatoms. The number of nitrogens with one attached hydrogen (secondary N) is 1. The molecule has 114 valence electrons. The average Bonchev–Trinajstić information content (AvgIpc) is 2.69. The van der Waals surface area contributed by atoms with Crippen molar-refractivity contribution in [3.05, 3.63) is 12.2 Å². The minimum Gasteiger partial charge on any atom is -0.297 e. The lowest BCUT2D eigenvalue weighted by Gasteiger charge is -2.43. The molecule has 0 amide bonds. The van der Waals surface area contributed by atoms with Gasteiger partial charge in [-0.25, -0.2) is 4.98 Å². The summed E-state index contributed by atoms with van der Waals surface area (Å²) in [5.74, 6) is 6.81. The number of aromatic nitrogens is 3. The van der Waals surface area contributed by atoms with E-state index in [0.29, 0.717) is 0 Å². The van der Waals surface area contributed by atoms with Gasteiger partial charge in [-0.3, -0.25) is 20.9 Å². The van der Waals surface area contributed by atoms with E-state index in [9.17, 15) is 0 Å². The van der Waals surface area contributed by atoms with Crippen LogP contribution in [0, 0.1) is 0 Å². The normalized spacial score (nSPS) is 19.8. The minimum atomic E-state index is 0.00500. The smallest absolute Gasteiger partial charge is 0.138 e. The van der Waals surface area contributed by atoms with Crippen LogP contribution in [0.3, 0.4) is 0 Å². The van der Waals surface area contributed by atoms with E-state index in [0.717, 1.165) is 25.3 Å². The third-order valence-corrected chi connectivity index (χ3v) is 4.67. The number of aryl methyl sites for hydroxylation is 1. The maximum Gasteiger partial charge on any atom is 0.138 e. The van der Waals surface area contributed by atoms with Gasteiger partial charge in [0.1, 0.15) is 12.2 Å². The topological polar surface area (TPSA) is 72.0 Å². The number of nitrogens with two attached hydrogens (primary N) is 1. The van der Waals surface area contributed by atoms with Crippen LogP contribution >= 0.6 is 0 Å². The Labute approximate surface area is 121 Å². The lowest BCUT2D eigenvalue weighted by molar-refractivity contribution is 0.0824. The molecule has 1 aromatic heterocycles. The van der Waals surface area contributed by atoms with Crippen molar-refractivity contribution < 1.29 is 0 Å². The molecule has 0 radical (unpaired) electrons. The summed E-state index contributed by atoms with van der Waals surface area (Å²) in [7, 11) is 1.93. The zero-order chi connectivity index (χ0) is 14.6. The van der Waals surface area contributed by atoms with Crippen LogP contribution in [-0.4, -0.2) is 44.3 Å². The van der Waals surface area contributed by atoms with E-state index >= 15 is 0 Å². The van der Waals surface area contributed by atoms with Gasteiger partial charge in [0.05, 0.1) is 0 Å². The first-order valence-electron chi connectivity index (χ1n) is 7.59. The molecule has 1 fully saturated rings. The van der Waals surface area contributed by atoms with Crippen molar-refractivity contribution in [3.63, 3.8) is 0 Å². The summed E-state index contributed by atoms with van der Waals surface area (Å²) in [5.41, 5.74) is 3.01. The van der Waals surface area contributed by atoms with E-state index < -0.39 is 0 Å². The van der Waals surface area contributed by atoms with E-state index in [1.807, 2.05) is 11.7 Å². The summed E-state index contributed by atoms with van der Waals surface area (Å²) in [6.45, 7) is 6.87. The quantitative estimate of drug-likeness (QED) is 0.618. The van der Waals surface area contributed by atoms with Crippen LogP contribution in [-0.2, 0) is 13.5 Å². The fourth-order valence-electron chi connectivity index (χ4n) is 3.07. The Morgan fingerprint density at radius 1 is 1.30 bits per heavy atom. The van der Waals surface area contributed by atoms with Crippen molar-refractivity contribution in [3.8, 4) is 0 Å². The molecule has 0 aliphatic carbocycles. The predicted molar refractivity (Wildman–Crippen MR) is 79.9 cm³/mol. The number of likely N-dealkylation sites (tertiary alicyclic amines) is 1. The maximum absolute atomic E-state index is 5.84. The van der Waals surface area contributed by atoms with Gasteiger partial charge in [-0.1, -0.05) is 12.8 Å². The molecule has 0 aromatic carbocycles. The Kier molecular flexibility index (Phi) is 5.12. The van der Waals surface area contributed by atoms with Gasteiger partial charge < -0.3 is 0 Å². The SMILES string of the molecule is Cn1ncnc1CC(NN)C(C)(C)N1CCCCCC1. The number of hydrogen-bond acceptors (Lipinski definition) is 5. The molecule has 1 saturated heterocycles. The van der Waals surface area contributed by atoms with Crippen LogP contribution in [0.15, 0.2) is 6.33 Å². The lowest BCUT2D eigenvalue weighted by atomic mass is 9.89. The molecule has 0 bridgehead atoms. The van der Waals surface area contributed by atoms with Gasteiger partial charge in [-0.05, 0) is 39.8 Å². The van der Waals surface area contributed by atoms with E-state index in [1.54, 1.807) is 6.33 Å². The Bertz CT molecular complexity index is 406. The van der Waals surface area contributed by atoms with Gasteiger partial charge in [-0.15, -0.1) is 0 Å². The summed E-state index contributed by atoms with van der Waals surface area (Å²) in [6, 6.07) is 0.156. The minimum absolute atomic E-state index is 0.00500. The summed E-state index contributed by atoms with van der Waals surface area (Å²) in [6.07, 6.45) is 7.64. The zero-order valence-corrected chi connectivity index (χ0v) is 13.0. The second kappa shape index (κ2) is 6.65. The highest BCUT2D eigenvalue weighted by molar-refractivity contribution is 4.99. The number of nitrogens with zero attached hydrogens (tertiary/aromatic N) is 4. The van der Waals surface area contributed by atoms with Crippen LogP contribution in [0.4, 0.5) is 0 Å². The molecular formula is C14H28N6. The molecule has 1 aromatic rings. The number of hydrogen-bond donors (Lipinski definition) is 2. The molecule has 6 nitrogen and oxygen atoms in total. The molecule has 3 N–H and O–H groups in total. The lowest BCUT2D eigenvalue weighted by Crippen LogP contribution is -2.60. The van der Waals surface area contributed by atoms with Gasteiger partial charge in [0.15, 0.2) is 0 Å². The van der Waals surface area contributed by atoms with Crippen LogP contribution in [0.1, 0.15) is 45.4 Å². The monoisotopic (exact) mass is 280 g/mol. The van der Waals surface area contributed by atoms with Gasteiger partial charge in [0.25, 0.3) is 0 Å². The van der Waals surface area contributed by atoms with Gasteiger partial charge in [-0.2, -0.15) is 5.10 Å². The zero-order valence-electron chi connectivity index (χ0n) is 13.0. The molecule has 2 heterocycles. The summed E-state index contributed by atoms with van der Waals surface area (Å²) >= 11 is 0. The van der Waals surface area contributed by atoms with Crippen molar-refractivity contribution in [2.24, 2.45) is 12.9 Å². The first-order chi connectivity index (χ1) is 9.55. The highest BCUT2D eigenvalue weighted by Crippen LogP contribution is 2.24. The molecule has 20 heavy (non-hydrogen) atoms. The van der Waals surface area contributed by atoms with Crippen molar-refractivity contribution in [1.29, 1.82) is 0 Å². The predicted octanol–water partition coefficient (Wildman–Crippen LogP) is 0.844. The molecule has 1 aliphatic heterocycles. The standard InChI is InChI=1S/C14H28N6/c1-14(2,20-8-6-4-5-7-9-20)12(18-15)10-13-16-11-17-19(13)3/h11-12,18H,4-10,15H2,1-3H3. The molecular weight excluding hydrogens is 252 g/mol. The van der Waals surface area contributed by atoms with Crippen molar-refractivity contribution in [1.82, 2.24) is 25.1 Å². The van der Waals surface area contributed by atoms with Crippen molar-refractivity contribution in [2.75, 3.05) is 13.1 Å². The Hall–Kier alpha value is -0.980. The number of rotatable bonds is 5.